The van der Waals surface area contributed by atoms with Crippen molar-refractivity contribution in [2.45, 2.75) is 71.9 Å². The molecule has 30 heavy (non-hydrogen) atoms. The minimum absolute atomic E-state index is 0.197. The van der Waals surface area contributed by atoms with Crippen molar-refractivity contribution in [1.29, 1.82) is 0 Å². The Labute approximate surface area is 183 Å². The number of aromatic nitrogens is 1. The number of nitrogens with one attached hydrogen (secondary N) is 1. The molecule has 0 radical (unpaired) electrons. The zero-order valence-corrected chi connectivity index (χ0v) is 19.1. The number of aliphatic carboxylic acids is 1. The Morgan fingerprint density at radius 1 is 1.20 bits per heavy atom. The van der Waals surface area contributed by atoms with Crippen LogP contribution in [0.4, 0.5) is 0 Å². The van der Waals surface area contributed by atoms with E-state index in [1.54, 1.807) is 11.3 Å². The molecule has 2 N–H and O–H groups in total. The molecular weight excluding hydrogens is 396 g/mol. The van der Waals surface area contributed by atoms with E-state index >= 15 is 0 Å². The van der Waals surface area contributed by atoms with Crippen LogP contribution in [0.15, 0.2) is 29.6 Å². The number of carboxylic acids is 1. The van der Waals surface area contributed by atoms with Gasteiger partial charge in [-0.05, 0) is 74.2 Å². The van der Waals surface area contributed by atoms with E-state index in [1.165, 1.54) is 12.8 Å². The molecule has 6 heteroatoms. The number of ether oxygens (including phenoxy) is 1. The average molecular weight is 431 g/mol. The van der Waals surface area contributed by atoms with Crippen LogP contribution in [-0.4, -0.2) is 28.7 Å². The number of benzene rings is 1. The third kappa shape index (κ3) is 6.81. The van der Waals surface area contributed by atoms with E-state index in [0.717, 1.165) is 40.8 Å². The molecule has 1 aliphatic rings. The molecule has 2 aromatic rings. The second kappa shape index (κ2) is 10.4. The number of carbonyl (C=O) groups is 1. The molecule has 1 fully saturated rings. The summed E-state index contributed by atoms with van der Waals surface area (Å²) in [7, 11) is 0. The van der Waals surface area contributed by atoms with E-state index in [0.29, 0.717) is 31.0 Å². The van der Waals surface area contributed by atoms with Crippen LogP contribution in [0.5, 0.6) is 5.75 Å². The summed E-state index contributed by atoms with van der Waals surface area (Å²) in [5.41, 5.74) is 2.46. The molecule has 0 spiro atoms. The van der Waals surface area contributed by atoms with Gasteiger partial charge in [0, 0.05) is 23.9 Å². The number of carboxylic acid groups (broad SMARTS) is 1. The van der Waals surface area contributed by atoms with E-state index in [-0.39, 0.29) is 6.42 Å². The zero-order chi connectivity index (χ0) is 21.6. The molecule has 0 unspecified atom stereocenters. The highest BCUT2D eigenvalue weighted by molar-refractivity contribution is 7.09. The van der Waals surface area contributed by atoms with Crippen LogP contribution in [0, 0.1) is 11.3 Å². The normalized spacial score (nSPS) is 19.6. The molecule has 0 amide bonds. The maximum Gasteiger partial charge on any atom is 0.303 e. The van der Waals surface area contributed by atoms with Gasteiger partial charge >= 0.3 is 5.97 Å². The third-order valence-electron chi connectivity index (χ3n) is 5.92. The smallest absolute Gasteiger partial charge is 0.303 e. The van der Waals surface area contributed by atoms with Crippen molar-refractivity contribution < 1.29 is 14.6 Å². The quantitative estimate of drug-likeness (QED) is 0.496. The lowest BCUT2D eigenvalue weighted by Gasteiger charge is -2.36. The second-order valence-electron chi connectivity index (χ2n) is 9.28. The highest BCUT2D eigenvalue weighted by Crippen LogP contribution is 2.38. The topological polar surface area (TPSA) is 71.5 Å². The SMILES string of the molecule is CC(C)(C)C1CCC(Oc2ccc(-c3csc(CNCCCC(=O)O)n3)cc2)CC1. The standard InChI is InChI=1S/C24H34N2O3S/c1-24(2,3)18-8-12-20(13-9-18)29-19-10-6-17(7-11-19)21-16-30-22(26-21)15-25-14-4-5-23(27)28/h6-7,10-11,16,18,20,25H,4-5,8-9,12-15H2,1-3H3,(H,27,28). The lowest BCUT2D eigenvalue weighted by molar-refractivity contribution is -0.137. The van der Waals surface area contributed by atoms with Gasteiger partial charge in [-0.2, -0.15) is 0 Å². The van der Waals surface area contributed by atoms with E-state index < -0.39 is 5.97 Å². The fraction of sp³-hybridized carbons (Fsp3) is 0.583. The molecule has 0 bridgehead atoms. The van der Waals surface area contributed by atoms with Gasteiger partial charge in [0.25, 0.3) is 0 Å². The first-order valence-corrected chi connectivity index (χ1v) is 11.8. The summed E-state index contributed by atoms with van der Waals surface area (Å²) in [5.74, 6) is 0.983. The predicted octanol–water partition coefficient (Wildman–Crippen LogP) is 5.75. The van der Waals surface area contributed by atoms with Crippen LogP contribution >= 0.6 is 11.3 Å². The molecule has 164 valence electrons. The van der Waals surface area contributed by atoms with Gasteiger partial charge < -0.3 is 15.2 Å². The third-order valence-corrected chi connectivity index (χ3v) is 6.77. The molecule has 0 aliphatic heterocycles. The predicted molar refractivity (Wildman–Crippen MR) is 122 cm³/mol. The maximum atomic E-state index is 10.5. The second-order valence-corrected chi connectivity index (χ2v) is 10.2. The average Bonchev–Trinajstić information content (AvgIpc) is 3.17. The summed E-state index contributed by atoms with van der Waals surface area (Å²) in [6, 6.07) is 8.26. The molecule has 3 rings (SSSR count). The first kappa shape index (κ1) is 22.8. The van der Waals surface area contributed by atoms with E-state index in [1.807, 2.05) is 12.1 Å². The highest BCUT2D eigenvalue weighted by atomic mass is 32.1. The molecule has 1 saturated carbocycles. The minimum Gasteiger partial charge on any atom is -0.490 e. The van der Waals surface area contributed by atoms with Crippen molar-refractivity contribution in [1.82, 2.24) is 10.3 Å². The Morgan fingerprint density at radius 2 is 1.90 bits per heavy atom. The lowest BCUT2D eigenvalue weighted by Crippen LogP contribution is -2.30. The van der Waals surface area contributed by atoms with Crippen LogP contribution in [0.25, 0.3) is 11.3 Å². The Morgan fingerprint density at radius 3 is 2.53 bits per heavy atom. The molecule has 1 aromatic heterocycles. The Hall–Kier alpha value is -1.92. The molecule has 0 saturated heterocycles. The van der Waals surface area contributed by atoms with Crippen molar-refractivity contribution in [3.8, 4) is 17.0 Å². The van der Waals surface area contributed by atoms with Crippen molar-refractivity contribution in [3.63, 3.8) is 0 Å². The molecule has 1 aromatic carbocycles. The van der Waals surface area contributed by atoms with Crippen LogP contribution in [-0.2, 0) is 11.3 Å². The molecule has 5 nitrogen and oxygen atoms in total. The number of hydrogen-bond acceptors (Lipinski definition) is 5. The first-order valence-electron chi connectivity index (χ1n) is 11.0. The maximum absolute atomic E-state index is 10.5. The van der Waals surface area contributed by atoms with Crippen LogP contribution in [0.1, 0.15) is 64.3 Å². The first-order chi connectivity index (χ1) is 14.3. The largest absolute Gasteiger partial charge is 0.490 e. The van der Waals surface area contributed by atoms with Crippen molar-refractivity contribution in [2.24, 2.45) is 11.3 Å². The zero-order valence-electron chi connectivity index (χ0n) is 18.3. The van der Waals surface area contributed by atoms with Crippen molar-refractivity contribution >= 4 is 17.3 Å². The molecule has 0 atom stereocenters. The van der Waals surface area contributed by atoms with Gasteiger partial charge in [-0.3, -0.25) is 4.79 Å². The summed E-state index contributed by atoms with van der Waals surface area (Å²) in [4.78, 5) is 15.2. The summed E-state index contributed by atoms with van der Waals surface area (Å²) in [5, 5.41) is 15.0. The fourth-order valence-corrected chi connectivity index (χ4v) is 4.80. The minimum atomic E-state index is -0.752. The molecule has 1 heterocycles. The monoisotopic (exact) mass is 430 g/mol. The lowest BCUT2D eigenvalue weighted by atomic mass is 9.72. The van der Waals surface area contributed by atoms with Crippen molar-refractivity contribution in [3.05, 3.63) is 34.7 Å². The number of thiazole rings is 1. The molecule has 1 aliphatic carbocycles. The van der Waals surface area contributed by atoms with Gasteiger partial charge in [0.2, 0.25) is 0 Å². The van der Waals surface area contributed by atoms with Gasteiger partial charge in [-0.1, -0.05) is 20.8 Å². The van der Waals surface area contributed by atoms with Gasteiger partial charge in [0.15, 0.2) is 0 Å². The summed E-state index contributed by atoms with van der Waals surface area (Å²) in [6.07, 6.45) is 5.93. The Kier molecular flexibility index (Phi) is 7.89. The van der Waals surface area contributed by atoms with Crippen LogP contribution in [0.3, 0.4) is 0 Å². The number of hydrogen-bond donors (Lipinski definition) is 2. The van der Waals surface area contributed by atoms with E-state index in [2.05, 4.69) is 48.6 Å². The van der Waals surface area contributed by atoms with Gasteiger partial charge in [0.05, 0.1) is 11.8 Å². The fourth-order valence-electron chi connectivity index (χ4n) is 4.03. The van der Waals surface area contributed by atoms with E-state index in [9.17, 15) is 4.79 Å². The Bertz CT molecular complexity index is 803. The van der Waals surface area contributed by atoms with Crippen LogP contribution < -0.4 is 10.1 Å². The van der Waals surface area contributed by atoms with E-state index in [4.69, 9.17) is 9.84 Å². The highest BCUT2D eigenvalue weighted by Gasteiger charge is 2.30. The Balaban J connectivity index is 1.46. The summed E-state index contributed by atoms with van der Waals surface area (Å²) in [6.45, 7) is 8.39. The number of rotatable bonds is 9. The van der Waals surface area contributed by atoms with Crippen LogP contribution in [0.2, 0.25) is 0 Å². The van der Waals surface area contributed by atoms with Gasteiger partial charge in [0.1, 0.15) is 10.8 Å². The molecular formula is C24H34N2O3S. The van der Waals surface area contributed by atoms with Crippen molar-refractivity contribution in [2.75, 3.05) is 6.54 Å². The van der Waals surface area contributed by atoms with Gasteiger partial charge in [-0.25, -0.2) is 4.98 Å². The summed E-state index contributed by atoms with van der Waals surface area (Å²) < 4.78 is 6.24. The number of nitrogens with zero attached hydrogens (tertiary/aromatic N) is 1. The summed E-state index contributed by atoms with van der Waals surface area (Å²) >= 11 is 1.62. The van der Waals surface area contributed by atoms with Gasteiger partial charge in [-0.15, -0.1) is 11.3 Å².